The highest BCUT2D eigenvalue weighted by molar-refractivity contribution is 9.10. The van der Waals surface area contributed by atoms with Crippen LogP contribution in [0.2, 0.25) is 0 Å². The first-order valence-corrected chi connectivity index (χ1v) is 7.25. The van der Waals surface area contributed by atoms with Crippen molar-refractivity contribution in [3.63, 3.8) is 0 Å². The molecule has 0 spiro atoms. The van der Waals surface area contributed by atoms with Gasteiger partial charge in [0, 0.05) is 21.3 Å². The molecule has 1 N–H and O–H groups in total. The Bertz CT molecular complexity index is 659. The van der Waals surface area contributed by atoms with Crippen LogP contribution >= 0.6 is 27.3 Å². The molecule has 1 aromatic heterocycles. The minimum Gasteiger partial charge on any atom is -0.321 e. The summed E-state index contributed by atoms with van der Waals surface area (Å²) >= 11 is 5.14. The molecule has 2 aromatic rings. The van der Waals surface area contributed by atoms with Crippen molar-refractivity contribution >= 4 is 50.5 Å². The molecule has 18 heavy (non-hydrogen) atoms. The highest BCUT2D eigenvalue weighted by Crippen LogP contribution is 2.38. The number of halogens is 1. The Kier molecular flexibility index (Phi) is 2.84. The zero-order valence-electron chi connectivity index (χ0n) is 9.66. The largest absolute Gasteiger partial charge is 0.321 e. The minimum atomic E-state index is -0.0302. The van der Waals surface area contributed by atoms with Crippen LogP contribution < -0.4 is 5.32 Å². The second-order valence-corrected chi connectivity index (χ2v) is 5.80. The Morgan fingerprint density at radius 1 is 1.33 bits per heavy atom. The average molecular weight is 320 g/mol. The van der Waals surface area contributed by atoms with E-state index in [1.54, 1.807) is 11.3 Å². The van der Waals surface area contributed by atoms with Gasteiger partial charge in [-0.3, -0.25) is 4.79 Å². The topological polar surface area (TPSA) is 29.1 Å². The number of carbonyl (C=O) groups excluding carboxylic acids is 1. The van der Waals surface area contributed by atoms with Crippen LogP contribution in [0.4, 0.5) is 5.69 Å². The Labute approximate surface area is 117 Å². The summed E-state index contributed by atoms with van der Waals surface area (Å²) in [7, 11) is 0. The lowest BCUT2D eigenvalue weighted by molar-refractivity contribution is -0.110. The maximum absolute atomic E-state index is 12.0. The van der Waals surface area contributed by atoms with E-state index in [0.29, 0.717) is 0 Å². The quantitative estimate of drug-likeness (QED) is 0.779. The fourth-order valence-corrected chi connectivity index (χ4v) is 3.05. The molecule has 1 aromatic carbocycles. The van der Waals surface area contributed by atoms with E-state index >= 15 is 0 Å². The third-order valence-corrected chi connectivity index (χ3v) is 4.58. The second-order valence-electron chi connectivity index (χ2n) is 4.16. The van der Waals surface area contributed by atoms with Gasteiger partial charge in [-0.1, -0.05) is 15.9 Å². The van der Waals surface area contributed by atoms with Crippen molar-refractivity contribution < 1.29 is 4.79 Å². The van der Waals surface area contributed by atoms with Crippen LogP contribution in [0.1, 0.15) is 16.7 Å². The molecule has 0 unspecified atom stereocenters. The van der Waals surface area contributed by atoms with Gasteiger partial charge in [0.1, 0.15) is 0 Å². The molecule has 0 atom stereocenters. The highest BCUT2D eigenvalue weighted by atomic mass is 79.9. The van der Waals surface area contributed by atoms with Crippen LogP contribution in [0.5, 0.6) is 0 Å². The maximum atomic E-state index is 12.0. The van der Waals surface area contributed by atoms with Gasteiger partial charge in [-0.2, -0.15) is 11.3 Å². The van der Waals surface area contributed by atoms with Gasteiger partial charge in [0.15, 0.2) is 0 Å². The summed E-state index contributed by atoms with van der Waals surface area (Å²) in [6.07, 6.45) is 1.94. The standard InChI is InChI=1S/C14H10BrNOS/c1-8-11(15)2-3-12-13(8)10(14(17)16-12)6-9-4-5-18-7-9/h2-7H,1H3,(H,16,17). The van der Waals surface area contributed by atoms with Gasteiger partial charge < -0.3 is 5.32 Å². The number of thiophene rings is 1. The molecule has 2 nitrogen and oxygen atoms in total. The lowest BCUT2D eigenvalue weighted by Crippen LogP contribution is -2.03. The summed E-state index contributed by atoms with van der Waals surface area (Å²) in [5.41, 5.74) is 4.79. The molecule has 4 heteroatoms. The lowest BCUT2D eigenvalue weighted by atomic mass is 10.0. The number of carbonyl (C=O) groups is 1. The normalized spacial score (nSPS) is 15.9. The Morgan fingerprint density at radius 3 is 2.89 bits per heavy atom. The molecule has 1 aliphatic rings. The molecular weight excluding hydrogens is 310 g/mol. The molecule has 2 heterocycles. The summed E-state index contributed by atoms with van der Waals surface area (Å²) in [4.78, 5) is 12.0. The van der Waals surface area contributed by atoms with Crippen molar-refractivity contribution in [3.8, 4) is 0 Å². The zero-order chi connectivity index (χ0) is 12.7. The fourth-order valence-electron chi connectivity index (χ4n) is 2.10. The van der Waals surface area contributed by atoms with Crippen molar-refractivity contribution in [1.29, 1.82) is 0 Å². The predicted molar refractivity (Wildman–Crippen MR) is 79.7 cm³/mol. The number of rotatable bonds is 1. The minimum absolute atomic E-state index is 0.0302. The third kappa shape index (κ3) is 1.82. The molecule has 90 valence electrons. The maximum Gasteiger partial charge on any atom is 0.256 e. The van der Waals surface area contributed by atoms with E-state index in [-0.39, 0.29) is 5.91 Å². The van der Waals surface area contributed by atoms with Gasteiger partial charge in [-0.15, -0.1) is 0 Å². The van der Waals surface area contributed by atoms with E-state index in [1.807, 2.05) is 42.0 Å². The molecule has 3 rings (SSSR count). The van der Waals surface area contributed by atoms with Crippen LogP contribution in [0.15, 0.2) is 33.4 Å². The molecule has 1 aliphatic heterocycles. The van der Waals surface area contributed by atoms with Crippen LogP contribution in [0, 0.1) is 6.92 Å². The first-order valence-electron chi connectivity index (χ1n) is 5.51. The monoisotopic (exact) mass is 319 g/mol. The van der Waals surface area contributed by atoms with Gasteiger partial charge >= 0.3 is 0 Å². The SMILES string of the molecule is Cc1c(Br)ccc2c1C(=Cc1ccsc1)C(=O)N2. The molecule has 0 aliphatic carbocycles. The number of hydrogen-bond acceptors (Lipinski definition) is 2. The number of amides is 1. The second kappa shape index (κ2) is 4.37. The molecule has 1 amide bonds. The van der Waals surface area contributed by atoms with Crippen molar-refractivity contribution in [2.24, 2.45) is 0 Å². The zero-order valence-corrected chi connectivity index (χ0v) is 12.1. The van der Waals surface area contributed by atoms with Crippen LogP contribution in [-0.2, 0) is 4.79 Å². The van der Waals surface area contributed by atoms with E-state index in [1.165, 1.54) is 0 Å². The van der Waals surface area contributed by atoms with E-state index in [9.17, 15) is 4.79 Å². The molecule has 0 fully saturated rings. The number of fused-ring (bicyclic) bond motifs is 1. The number of benzene rings is 1. The molecule has 0 saturated carbocycles. The number of anilines is 1. The molecular formula is C14H10BrNOS. The van der Waals surface area contributed by atoms with Gasteiger partial charge in [0.05, 0.1) is 0 Å². The smallest absolute Gasteiger partial charge is 0.256 e. The van der Waals surface area contributed by atoms with Crippen LogP contribution in [0.25, 0.3) is 11.6 Å². The first kappa shape index (κ1) is 11.7. The van der Waals surface area contributed by atoms with E-state index in [0.717, 1.165) is 32.4 Å². The Morgan fingerprint density at radius 2 is 2.17 bits per heavy atom. The lowest BCUT2D eigenvalue weighted by Gasteiger charge is -2.05. The van der Waals surface area contributed by atoms with Gasteiger partial charge in [-0.25, -0.2) is 0 Å². The summed E-state index contributed by atoms with van der Waals surface area (Å²) in [5.74, 6) is -0.0302. The molecule has 0 radical (unpaired) electrons. The molecule has 0 bridgehead atoms. The van der Waals surface area contributed by atoms with Crippen LogP contribution in [-0.4, -0.2) is 5.91 Å². The number of nitrogens with one attached hydrogen (secondary N) is 1. The summed E-state index contributed by atoms with van der Waals surface area (Å²) in [6.45, 7) is 2.02. The summed E-state index contributed by atoms with van der Waals surface area (Å²) in [5, 5.41) is 6.94. The van der Waals surface area contributed by atoms with Crippen molar-refractivity contribution in [1.82, 2.24) is 0 Å². The summed E-state index contributed by atoms with van der Waals surface area (Å²) < 4.78 is 1.02. The molecule has 0 saturated heterocycles. The van der Waals surface area contributed by atoms with Crippen molar-refractivity contribution in [2.45, 2.75) is 6.92 Å². The highest BCUT2D eigenvalue weighted by Gasteiger charge is 2.26. The van der Waals surface area contributed by atoms with Gasteiger partial charge in [-0.05, 0) is 53.1 Å². The van der Waals surface area contributed by atoms with Gasteiger partial charge in [0.2, 0.25) is 0 Å². The van der Waals surface area contributed by atoms with E-state index in [2.05, 4.69) is 21.2 Å². The van der Waals surface area contributed by atoms with Crippen LogP contribution in [0.3, 0.4) is 0 Å². The average Bonchev–Trinajstić information content (AvgIpc) is 2.94. The Hall–Kier alpha value is -1.39. The van der Waals surface area contributed by atoms with E-state index in [4.69, 9.17) is 0 Å². The fraction of sp³-hybridized carbons (Fsp3) is 0.0714. The summed E-state index contributed by atoms with van der Waals surface area (Å²) in [6, 6.07) is 5.90. The van der Waals surface area contributed by atoms with Crippen molar-refractivity contribution in [3.05, 3.63) is 50.1 Å². The predicted octanol–water partition coefficient (Wildman–Crippen LogP) is 4.31. The first-order chi connectivity index (χ1) is 8.66. The third-order valence-electron chi connectivity index (χ3n) is 3.02. The number of hydrogen-bond donors (Lipinski definition) is 1. The van der Waals surface area contributed by atoms with E-state index < -0.39 is 0 Å². The van der Waals surface area contributed by atoms with Crippen molar-refractivity contribution in [2.75, 3.05) is 5.32 Å². The Balaban J connectivity index is 2.20. The van der Waals surface area contributed by atoms with Gasteiger partial charge in [0.25, 0.3) is 5.91 Å².